The lowest BCUT2D eigenvalue weighted by atomic mass is 9.64. The molecule has 1 aromatic carbocycles. The zero-order valence-electron chi connectivity index (χ0n) is 14.5. The molecule has 0 unspecified atom stereocenters. The number of benzene rings is 1. The van der Waals surface area contributed by atoms with Gasteiger partial charge in [0.25, 0.3) is 0 Å². The number of aliphatic hydroxyl groups is 1. The van der Waals surface area contributed by atoms with E-state index in [0.717, 1.165) is 37.7 Å². The lowest BCUT2D eigenvalue weighted by Crippen LogP contribution is -2.42. The van der Waals surface area contributed by atoms with Crippen LogP contribution < -0.4 is 0 Å². The molecule has 1 saturated carbocycles. The van der Waals surface area contributed by atoms with Gasteiger partial charge in [0, 0.05) is 5.41 Å². The molecule has 2 aliphatic rings. The van der Waals surface area contributed by atoms with Crippen LogP contribution in [0.2, 0.25) is 0 Å². The molecule has 4 nitrogen and oxygen atoms in total. The molecule has 0 amide bonds. The molecule has 3 rings (SSSR count). The van der Waals surface area contributed by atoms with E-state index in [2.05, 4.69) is 13.0 Å². The SMILES string of the molecule is COC(=O)c1ccc(CO[C@H]2CCC=C3C[C@@H](O)CC[C@@]32C)cc1. The summed E-state index contributed by atoms with van der Waals surface area (Å²) < 4.78 is 11.0. The Kier molecular flexibility index (Phi) is 5.07. The largest absolute Gasteiger partial charge is 0.465 e. The number of carbonyl (C=O) groups is 1. The minimum atomic E-state index is -0.321. The smallest absolute Gasteiger partial charge is 0.337 e. The monoisotopic (exact) mass is 330 g/mol. The molecule has 4 heteroatoms. The van der Waals surface area contributed by atoms with E-state index in [9.17, 15) is 9.90 Å². The first-order valence-corrected chi connectivity index (χ1v) is 8.69. The quantitative estimate of drug-likeness (QED) is 0.676. The molecule has 0 saturated heterocycles. The van der Waals surface area contributed by atoms with E-state index < -0.39 is 0 Å². The number of hydrogen-bond acceptors (Lipinski definition) is 4. The molecule has 24 heavy (non-hydrogen) atoms. The first-order chi connectivity index (χ1) is 11.5. The molecule has 0 radical (unpaired) electrons. The molecule has 0 aromatic heterocycles. The van der Waals surface area contributed by atoms with Crippen molar-refractivity contribution < 1.29 is 19.4 Å². The van der Waals surface area contributed by atoms with Crippen molar-refractivity contribution in [3.63, 3.8) is 0 Å². The van der Waals surface area contributed by atoms with E-state index in [1.807, 2.05) is 12.1 Å². The van der Waals surface area contributed by atoms with E-state index in [1.54, 1.807) is 12.1 Å². The van der Waals surface area contributed by atoms with Gasteiger partial charge in [-0.05, 0) is 49.8 Å². The number of esters is 1. The fourth-order valence-corrected chi connectivity index (χ4v) is 3.95. The molecule has 2 aliphatic carbocycles. The number of aliphatic hydroxyl groups excluding tert-OH is 1. The third kappa shape index (κ3) is 3.40. The van der Waals surface area contributed by atoms with Crippen molar-refractivity contribution in [2.75, 3.05) is 7.11 Å². The summed E-state index contributed by atoms with van der Waals surface area (Å²) in [6.45, 7) is 2.81. The Morgan fingerprint density at radius 3 is 2.75 bits per heavy atom. The lowest BCUT2D eigenvalue weighted by Gasteiger charge is -2.46. The van der Waals surface area contributed by atoms with Crippen LogP contribution >= 0.6 is 0 Å². The number of allylic oxidation sites excluding steroid dienone is 1. The van der Waals surface area contributed by atoms with Gasteiger partial charge in [0.15, 0.2) is 0 Å². The van der Waals surface area contributed by atoms with Crippen molar-refractivity contribution in [2.24, 2.45) is 5.41 Å². The Balaban J connectivity index is 1.64. The lowest BCUT2D eigenvalue weighted by molar-refractivity contribution is -0.0562. The Hall–Kier alpha value is -1.65. The zero-order valence-corrected chi connectivity index (χ0v) is 14.5. The second-order valence-corrected chi connectivity index (χ2v) is 7.11. The summed E-state index contributed by atoms with van der Waals surface area (Å²) in [5, 5.41) is 9.93. The fraction of sp³-hybridized carbons (Fsp3) is 0.550. The van der Waals surface area contributed by atoms with Gasteiger partial charge in [-0.3, -0.25) is 0 Å². The first-order valence-electron chi connectivity index (χ1n) is 8.69. The van der Waals surface area contributed by atoms with Crippen molar-refractivity contribution in [3.8, 4) is 0 Å². The van der Waals surface area contributed by atoms with E-state index in [4.69, 9.17) is 9.47 Å². The number of fused-ring (bicyclic) bond motifs is 1. The highest BCUT2D eigenvalue weighted by molar-refractivity contribution is 5.89. The minimum absolute atomic E-state index is 0.0451. The molecule has 1 aromatic rings. The van der Waals surface area contributed by atoms with Crippen LogP contribution in [0.3, 0.4) is 0 Å². The molecular weight excluding hydrogens is 304 g/mol. The summed E-state index contributed by atoms with van der Waals surface area (Å²) in [6, 6.07) is 7.38. The molecular formula is C20H26O4. The predicted molar refractivity (Wildman–Crippen MR) is 91.6 cm³/mol. The van der Waals surface area contributed by atoms with Crippen molar-refractivity contribution in [1.29, 1.82) is 0 Å². The van der Waals surface area contributed by atoms with Crippen LogP contribution in [-0.2, 0) is 16.1 Å². The van der Waals surface area contributed by atoms with Crippen LogP contribution in [0.15, 0.2) is 35.9 Å². The maximum atomic E-state index is 11.5. The number of ether oxygens (including phenoxy) is 2. The summed E-state index contributed by atoms with van der Waals surface area (Å²) >= 11 is 0. The number of rotatable bonds is 4. The molecule has 3 atom stereocenters. The molecule has 1 fully saturated rings. The normalized spacial score (nSPS) is 29.5. The molecule has 0 spiro atoms. The molecule has 1 N–H and O–H groups in total. The van der Waals surface area contributed by atoms with Crippen molar-refractivity contribution in [2.45, 2.75) is 57.8 Å². The Bertz CT molecular complexity index is 619. The second-order valence-electron chi connectivity index (χ2n) is 7.11. The van der Waals surface area contributed by atoms with Gasteiger partial charge in [-0.1, -0.05) is 30.7 Å². The highest BCUT2D eigenvalue weighted by atomic mass is 16.5. The van der Waals surface area contributed by atoms with Gasteiger partial charge >= 0.3 is 5.97 Å². The number of carbonyl (C=O) groups excluding carboxylic acids is 1. The predicted octanol–water partition coefficient (Wildman–Crippen LogP) is 3.63. The maximum absolute atomic E-state index is 11.5. The summed E-state index contributed by atoms with van der Waals surface area (Å²) in [5.41, 5.74) is 3.01. The Labute approximate surface area is 143 Å². The van der Waals surface area contributed by atoms with Crippen LogP contribution in [0.1, 0.15) is 54.9 Å². The van der Waals surface area contributed by atoms with Crippen LogP contribution in [0.5, 0.6) is 0 Å². The van der Waals surface area contributed by atoms with Gasteiger partial charge in [0.1, 0.15) is 0 Å². The maximum Gasteiger partial charge on any atom is 0.337 e. The topological polar surface area (TPSA) is 55.8 Å². The summed E-state index contributed by atoms with van der Waals surface area (Å²) in [4.78, 5) is 11.5. The van der Waals surface area contributed by atoms with E-state index in [-0.39, 0.29) is 23.6 Å². The minimum Gasteiger partial charge on any atom is -0.465 e. The average molecular weight is 330 g/mol. The van der Waals surface area contributed by atoms with E-state index in [0.29, 0.717) is 12.2 Å². The summed E-state index contributed by atoms with van der Waals surface area (Å²) in [7, 11) is 1.38. The van der Waals surface area contributed by atoms with Gasteiger partial charge in [-0.25, -0.2) is 4.79 Å². The number of methoxy groups -OCH3 is 1. The first kappa shape index (κ1) is 17.2. The van der Waals surface area contributed by atoms with Gasteiger partial charge in [0.05, 0.1) is 31.5 Å². The van der Waals surface area contributed by atoms with Gasteiger partial charge in [-0.15, -0.1) is 0 Å². The third-order valence-corrected chi connectivity index (χ3v) is 5.54. The zero-order chi connectivity index (χ0) is 17.2. The molecule has 0 bridgehead atoms. The van der Waals surface area contributed by atoms with Crippen molar-refractivity contribution in [3.05, 3.63) is 47.0 Å². The van der Waals surface area contributed by atoms with Crippen LogP contribution in [0.25, 0.3) is 0 Å². The summed E-state index contributed by atoms with van der Waals surface area (Å²) in [5.74, 6) is -0.321. The molecule has 0 aliphatic heterocycles. The van der Waals surface area contributed by atoms with Gasteiger partial charge < -0.3 is 14.6 Å². The van der Waals surface area contributed by atoms with E-state index >= 15 is 0 Å². The van der Waals surface area contributed by atoms with Gasteiger partial charge in [-0.2, -0.15) is 0 Å². The number of hydrogen-bond donors (Lipinski definition) is 1. The van der Waals surface area contributed by atoms with Gasteiger partial charge in [0.2, 0.25) is 0 Å². The van der Waals surface area contributed by atoms with Crippen LogP contribution in [-0.4, -0.2) is 30.4 Å². The van der Waals surface area contributed by atoms with E-state index in [1.165, 1.54) is 12.7 Å². The average Bonchev–Trinajstić information content (AvgIpc) is 2.60. The summed E-state index contributed by atoms with van der Waals surface area (Å²) in [6.07, 6.45) is 6.93. The highest BCUT2D eigenvalue weighted by Crippen LogP contribution is 2.48. The fourth-order valence-electron chi connectivity index (χ4n) is 3.95. The Morgan fingerprint density at radius 2 is 2.04 bits per heavy atom. The third-order valence-electron chi connectivity index (χ3n) is 5.54. The standard InChI is InChI=1S/C20H26O4/c1-20-11-10-17(21)12-16(20)4-3-5-18(20)24-13-14-6-8-15(9-7-14)19(22)23-2/h4,6-9,17-18,21H,3,5,10-13H2,1-2H3/t17-,18-,20-/m0/s1. The Morgan fingerprint density at radius 1 is 1.29 bits per heavy atom. The van der Waals surface area contributed by atoms with Crippen LogP contribution in [0, 0.1) is 5.41 Å². The van der Waals surface area contributed by atoms with Crippen LogP contribution in [0.4, 0.5) is 0 Å². The van der Waals surface area contributed by atoms with Crippen molar-refractivity contribution in [1.82, 2.24) is 0 Å². The molecule has 130 valence electrons. The second kappa shape index (κ2) is 7.08. The molecule has 0 heterocycles. The van der Waals surface area contributed by atoms with Crippen molar-refractivity contribution >= 4 is 5.97 Å². The highest BCUT2D eigenvalue weighted by Gasteiger charge is 2.43.